The van der Waals surface area contributed by atoms with Crippen LogP contribution in [-0.4, -0.2) is 46.5 Å². The number of carbonyl (C=O) groups is 1. The minimum atomic E-state index is -0.0864. The smallest absolute Gasteiger partial charge is 0.252 e. The quantitative estimate of drug-likeness (QED) is 0.350. The third-order valence-electron chi connectivity index (χ3n) is 6.47. The number of nitrogens with one attached hydrogen (secondary N) is 1. The van der Waals surface area contributed by atoms with E-state index in [2.05, 4.69) is 20.2 Å². The van der Waals surface area contributed by atoms with E-state index in [4.69, 9.17) is 16.3 Å². The van der Waals surface area contributed by atoms with E-state index in [1.54, 1.807) is 17.5 Å². The Morgan fingerprint density at radius 2 is 1.94 bits per heavy atom. The fraction of sp³-hybridized carbons (Fsp3) is 0.296. The van der Waals surface area contributed by atoms with Crippen LogP contribution in [0.4, 0.5) is 0 Å². The Labute approximate surface area is 213 Å². The van der Waals surface area contributed by atoms with Gasteiger partial charge in [0.25, 0.3) is 5.91 Å². The third-order valence-corrected chi connectivity index (χ3v) is 7.75. The van der Waals surface area contributed by atoms with Crippen molar-refractivity contribution in [2.24, 2.45) is 0 Å². The van der Waals surface area contributed by atoms with Crippen molar-refractivity contribution in [3.8, 4) is 5.75 Å². The molecule has 0 aliphatic carbocycles. The molecule has 180 valence electrons. The number of aromatic nitrogens is 2. The Balaban J connectivity index is 1.27. The summed E-state index contributed by atoms with van der Waals surface area (Å²) in [6.07, 6.45) is 3.74. The second kappa shape index (κ2) is 10.7. The molecule has 1 atom stereocenters. The van der Waals surface area contributed by atoms with Crippen LogP contribution in [0.1, 0.15) is 39.8 Å². The summed E-state index contributed by atoms with van der Waals surface area (Å²) in [4.78, 5) is 25.7. The second-order valence-corrected chi connectivity index (χ2v) is 10.0. The number of piperidine rings is 1. The van der Waals surface area contributed by atoms with Gasteiger partial charge in [-0.3, -0.25) is 14.7 Å². The van der Waals surface area contributed by atoms with Gasteiger partial charge in [0.15, 0.2) is 0 Å². The Hall–Kier alpha value is -3.00. The lowest BCUT2D eigenvalue weighted by molar-refractivity contribution is 0.0721. The summed E-state index contributed by atoms with van der Waals surface area (Å²) in [5.74, 6) is 0.760. The van der Waals surface area contributed by atoms with Gasteiger partial charge in [0.1, 0.15) is 11.9 Å². The summed E-state index contributed by atoms with van der Waals surface area (Å²) in [6.45, 7) is 4.32. The molecule has 2 aromatic carbocycles. The van der Waals surface area contributed by atoms with Crippen molar-refractivity contribution in [3.63, 3.8) is 0 Å². The average molecular weight is 507 g/mol. The summed E-state index contributed by atoms with van der Waals surface area (Å²) >= 11 is 7.64. The van der Waals surface area contributed by atoms with Crippen LogP contribution in [0.15, 0.2) is 66.3 Å². The summed E-state index contributed by atoms with van der Waals surface area (Å²) in [5, 5.41) is 4.75. The lowest BCUT2D eigenvalue weighted by atomic mass is 10.0. The number of benzene rings is 2. The van der Waals surface area contributed by atoms with Gasteiger partial charge in [0.2, 0.25) is 0 Å². The SMILES string of the molecule is Cc1ncsc1C(CNC(=O)c1cccc2ncccc12)N1CCC(Oc2ccc(Cl)cc2)CC1. The van der Waals surface area contributed by atoms with Crippen LogP contribution in [0.5, 0.6) is 5.75 Å². The van der Waals surface area contributed by atoms with E-state index in [1.807, 2.05) is 67.0 Å². The zero-order valence-corrected chi connectivity index (χ0v) is 21.1. The zero-order chi connectivity index (χ0) is 24.2. The van der Waals surface area contributed by atoms with E-state index in [1.165, 1.54) is 4.88 Å². The number of aryl methyl sites for hydroxylation is 1. The molecule has 1 aliphatic rings. The molecule has 1 N–H and O–H groups in total. The molecule has 1 saturated heterocycles. The number of carbonyl (C=O) groups excluding carboxylic acids is 1. The maximum absolute atomic E-state index is 13.2. The van der Waals surface area contributed by atoms with Gasteiger partial charge >= 0.3 is 0 Å². The lowest BCUT2D eigenvalue weighted by Crippen LogP contribution is -2.44. The third kappa shape index (κ3) is 5.48. The summed E-state index contributed by atoms with van der Waals surface area (Å²) < 4.78 is 6.18. The number of likely N-dealkylation sites (tertiary alicyclic amines) is 1. The number of pyridine rings is 1. The van der Waals surface area contributed by atoms with Gasteiger partial charge in [-0.2, -0.15) is 0 Å². The van der Waals surface area contributed by atoms with Crippen molar-refractivity contribution in [1.82, 2.24) is 20.2 Å². The zero-order valence-electron chi connectivity index (χ0n) is 19.5. The molecule has 0 bridgehead atoms. The number of rotatable bonds is 7. The van der Waals surface area contributed by atoms with Crippen LogP contribution < -0.4 is 10.1 Å². The van der Waals surface area contributed by atoms with E-state index in [0.29, 0.717) is 17.1 Å². The summed E-state index contributed by atoms with van der Waals surface area (Å²) in [7, 11) is 0. The molecule has 5 rings (SSSR count). The number of thiazole rings is 1. The minimum Gasteiger partial charge on any atom is -0.490 e. The number of fused-ring (bicyclic) bond motifs is 1. The van der Waals surface area contributed by atoms with Gasteiger partial charge in [0, 0.05) is 46.7 Å². The molecule has 0 spiro atoms. The highest BCUT2D eigenvalue weighted by Gasteiger charge is 2.29. The van der Waals surface area contributed by atoms with Gasteiger partial charge in [-0.05, 0) is 62.2 Å². The highest BCUT2D eigenvalue weighted by atomic mass is 35.5. The van der Waals surface area contributed by atoms with Crippen molar-refractivity contribution in [2.45, 2.75) is 31.9 Å². The van der Waals surface area contributed by atoms with Gasteiger partial charge in [-0.15, -0.1) is 11.3 Å². The molecular weight excluding hydrogens is 480 g/mol. The first-order chi connectivity index (χ1) is 17.1. The van der Waals surface area contributed by atoms with Crippen molar-refractivity contribution in [3.05, 3.63) is 87.5 Å². The molecule has 1 unspecified atom stereocenters. The fourth-order valence-electron chi connectivity index (χ4n) is 4.62. The Kier molecular flexibility index (Phi) is 7.27. The normalized spacial score (nSPS) is 15.7. The second-order valence-electron chi connectivity index (χ2n) is 8.71. The maximum atomic E-state index is 13.2. The largest absolute Gasteiger partial charge is 0.490 e. The number of amides is 1. The predicted molar refractivity (Wildman–Crippen MR) is 140 cm³/mol. The molecule has 6 nitrogen and oxygen atoms in total. The topological polar surface area (TPSA) is 67.4 Å². The number of ether oxygens (including phenoxy) is 1. The van der Waals surface area contributed by atoms with Gasteiger partial charge in [-0.1, -0.05) is 23.7 Å². The Bertz CT molecular complexity index is 1300. The summed E-state index contributed by atoms with van der Waals surface area (Å²) in [6, 6.07) is 17.0. The van der Waals surface area contributed by atoms with Crippen molar-refractivity contribution in [2.75, 3.05) is 19.6 Å². The molecule has 1 aliphatic heterocycles. The van der Waals surface area contributed by atoms with E-state index >= 15 is 0 Å². The van der Waals surface area contributed by atoms with Crippen LogP contribution in [0.2, 0.25) is 5.02 Å². The maximum Gasteiger partial charge on any atom is 0.252 e. The summed E-state index contributed by atoms with van der Waals surface area (Å²) in [5.41, 5.74) is 4.36. The van der Waals surface area contributed by atoms with Gasteiger partial charge < -0.3 is 10.1 Å². The van der Waals surface area contributed by atoms with Gasteiger partial charge in [-0.25, -0.2) is 4.98 Å². The molecule has 2 aromatic heterocycles. The molecule has 8 heteroatoms. The molecule has 1 fully saturated rings. The first-order valence-corrected chi connectivity index (χ1v) is 13.0. The first-order valence-electron chi connectivity index (χ1n) is 11.8. The molecule has 4 aromatic rings. The van der Waals surface area contributed by atoms with E-state index in [9.17, 15) is 4.79 Å². The molecule has 3 heterocycles. The van der Waals surface area contributed by atoms with Crippen LogP contribution in [0, 0.1) is 6.92 Å². The number of hydrogen-bond donors (Lipinski definition) is 1. The van der Waals surface area contributed by atoms with E-state index in [-0.39, 0.29) is 18.1 Å². The number of hydrogen-bond acceptors (Lipinski definition) is 6. The van der Waals surface area contributed by atoms with E-state index in [0.717, 1.165) is 48.3 Å². The average Bonchev–Trinajstić information content (AvgIpc) is 3.31. The van der Waals surface area contributed by atoms with Crippen LogP contribution in [0.3, 0.4) is 0 Å². The van der Waals surface area contributed by atoms with Crippen molar-refractivity contribution < 1.29 is 9.53 Å². The first kappa shape index (κ1) is 23.7. The molecule has 0 radical (unpaired) electrons. The molecule has 1 amide bonds. The molecule has 35 heavy (non-hydrogen) atoms. The minimum absolute atomic E-state index is 0.0658. The fourth-order valence-corrected chi connectivity index (χ4v) is 5.68. The van der Waals surface area contributed by atoms with Gasteiger partial charge in [0.05, 0.1) is 22.8 Å². The Morgan fingerprint density at radius 1 is 1.14 bits per heavy atom. The Morgan fingerprint density at radius 3 is 2.69 bits per heavy atom. The van der Waals surface area contributed by atoms with Crippen molar-refractivity contribution >= 4 is 39.7 Å². The molecule has 0 saturated carbocycles. The van der Waals surface area contributed by atoms with Crippen LogP contribution in [-0.2, 0) is 0 Å². The molecular formula is C27H27ClN4O2S. The standard InChI is InChI=1S/C27H27ClN4O2S/c1-18-26(35-17-31-18)25(16-30-27(33)23-4-2-6-24-22(23)5-3-13-29-24)32-14-11-21(12-15-32)34-20-9-7-19(28)8-10-20/h2-10,13,17,21,25H,11-12,14-16H2,1H3,(H,30,33). The van der Waals surface area contributed by atoms with Crippen LogP contribution >= 0.6 is 22.9 Å². The monoisotopic (exact) mass is 506 g/mol. The predicted octanol–water partition coefficient (Wildman–Crippen LogP) is 5.67. The lowest BCUT2D eigenvalue weighted by Gasteiger charge is -2.37. The van der Waals surface area contributed by atoms with E-state index < -0.39 is 0 Å². The highest BCUT2D eigenvalue weighted by molar-refractivity contribution is 7.09. The van der Waals surface area contributed by atoms with Crippen LogP contribution in [0.25, 0.3) is 10.9 Å². The highest BCUT2D eigenvalue weighted by Crippen LogP contribution is 2.31. The van der Waals surface area contributed by atoms with Crippen molar-refractivity contribution in [1.29, 1.82) is 0 Å². The number of nitrogens with zero attached hydrogens (tertiary/aromatic N) is 3. The number of halogens is 1.